The van der Waals surface area contributed by atoms with Crippen molar-refractivity contribution in [2.24, 2.45) is 0 Å². The highest BCUT2D eigenvalue weighted by Gasteiger charge is 2.19. The molecule has 0 aliphatic rings. The molecule has 1 N–H and O–H groups in total. The second kappa shape index (κ2) is 6.78. The number of hydrogen-bond acceptors (Lipinski definition) is 2. The first-order valence-corrected chi connectivity index (χ1v) is 7.22. The maximum atomic E-state index is 12.1. The Balaban J connectivity index is 2.74. The number of carbonyl (C=O) groups excluding carboxylic acids is 1. The van der Waals surface area contributed by atoms with Crippen molar-refractivity contribution in [2.45, 2.75) is 32.7 Å². The largest absolute Gasteiger partial charge is 0.494 e. The third-order valence-electron chi connectivity index (χ3n) is 2.36. The Kier molecular flexibility index (Phi) is 5.66. The highest BCUT2D eigenvalue weighted by Crippen LogP contribution is 2.15. The molecule has 0 bridgehead atoms. The summed E-state index contributed by atoms with van der Waals surface area (Å²) < 4.78 is 5.51. The molecule has 1 aromatic carbocycles. The van der Waals surface area contributed by atoms with Gasteiger partial charge < -0.3 is 10.1 Å². The van der Waals surface area contributed by atoms with Gasteiger partial charge in [0.05, 0.1) is 6.61 Å². The topological polar surface area (TPSA) is 38.3 Å². The van der Waals surface area contributed by atoms with Gasteiger partial charge in [-0.1, -0.05) is 28.9 Å². The normalized spacial score (nSPS) is 11.1. The lowest BCUT2D eigenvalue weighted by Crippen LogP contribution is -2.44. The first-order valence-electron chi connectivity index (χ1n) is 6.10. The number of hydrogen-bond donors (Lipinski definition) is 1. The summed E-state index contributed by atoms with van der Waals surface area (Å²) in [4.78, 5) is 12.1. The fraction of sp³-hybridized carbons (Fsp3) is 0.500. The van der Waals surface area contributed by atoms with Gasteiger partial charge in [0.2, 0.25) is 0 Å². The lowest BCUT2D eigenvalue weighted by atomic mass is 10.1. The maximum Gasteiger partial charge on any atom is 0.251 e. The minimum Gasteiger partial charge on any atom is -0.494 e. The Hall–Kier alpha value is -1.03. The molecule has 0 atom stereocenters. The van der Waals surface area contributed by atoms with Crippen LogP contribution in [-0.4, -0.2) is 23.4 Å². The second-order valence-corrected chi connectivity index (χ2v) is 5.41. The highest BCUT2D eigenvalue weighted by molar-refractivity contribution is 9.09. The number of alkyl halides is 1. The minimum atomic E-state index is -0.267. The molecule has 0 aliphatic carbocycles. The summed E-state index contributed by atoms with van der Waals surface area (Å²) in [6.45, 7) is 6.65. The summed E-state index contributed by atoms with van der Waals surface area (Å²) in [5.41, 5.74) is 0.356. The first-order chi connectivity index (χ1) is 8.48. The number of benzene rings is 1. The van der Waals surface area contributed by atoms with Gasteiger partial charge in [0, 0.05) is 16.4 Å². The number of carbonyl (C=O) groups is 1. The zero-order valence-electron chi connectivity index (χ0n) is 11.1. The Morgan fingerprint density at radius 2 is 2.17 bits per heavy atom. The van der Waals surface area contributed by atoms with Crippen molar-refractivity contribution in [2.75, 3.05) is 11.9 Å². The molecule has 3 nitrogen and oxygen atoms in total. The van der Waals surface area contributed by atoms with E-state index in [-0.39, 0.29) is 11.4 Å². The van der Waals surface area contributed by atoms with Crippen molar-refractivity contribution < 1.29 is 9.53 Å². The molecule has 18 heavy (non-hydrogen) atoms. The smallest absolute Gasteiger partial charge is 0.251 e. The third-order valence-corrected chi connectivity index (χ3v) is 3.76. The van der Waals surface area contributed by atoms with Crippen LogP contribution in [0.2, 0.25) is 0 Å². The van der Waals surface area contributed by atoms with E-state index in [1.165, 1.54) is 0 Å². The van der Waals surface area contributed by atoms with Gasteiger partial charge in [0.25, 0.3) is 5.91 Å². The van der Waals surface area contributed by atoms with Gasteiger partial charge >= 0.3 is 0 Å². The van der Waals surface area contributed by atoms with E-state index in [0.717, 1.165) is 12.2 Å². The highest BCUT2D eigenvalue weighted by atomic mass is 79.9. The lowest BCUT2D eigenvalue weighted by Gasteiger charge is -2.23. The molecule has 1 rings (SSSR count). The summed E-state index contributed by atoms with van der Waals surface area (Å²) in [5.74, 6) is 0.655. The van der Waals surface area contributed by atoms with Crippen LogP contribution < -0.4 is 10.1 Å². The molecule has 0 fully saturated rings. The standard InChI is InChI=1S/C14H20BrNO2/c1-4-8-18-12-7-5-6-11(9-12)13(17)16-14(2,3)10-15/h5-7,9H,4,8,10H2,1-3H3,(H,16,17). The zero-order chi connectivity index (χ0) is 13.6. The van der Waals surface area contributed by atoms with Crippen LogP contribution in [0, 0.1) is 0 Å². The Morgan fingerprint density at radius 1 is 1.44 bits per heavy atom. The van der Waals surface area contributed by atoms with Crippen LogP contribution in [0.5, 0.6) is 5.75 Å². The van der Waals surface area contributed by atoms with Crippen LogP contribution in [0.1, 0.15) is 37.6 Å². The molecule has 0 saturated heterocycles. The molecule has 1 amide bonds. The molecule has 0 radical (unpaired) electrons. The number of amides is 1. The van der Waals surface area contributed by atoms with E-state index >= 15 is 0 Å². The van der Waals surface area contributed by atoms with Crippen LogP contribution in [0.25, 0.3) is 0 Å². The van der Waals surface area contributed by atoms with Gasteiger partial charge in [0.15, 0.2) is 0 Å². The van der Waals surface area contributed by atoms with Gasteiger partial charge in [-0.2, -0.15) is 0 Å². The van der Waals surface area contributed by atoms with Gasteiger partial charge in [-0.3, -0.25) is 4.79 Å². The Bertz CT molecular complexity index is 405. The summed E-state index contributed by atoms with van der Waals surface area (Å²) >= 11 is 3.38. The van der Waals surface area contributed by atoms with E-state index in [1.807, 2.05) is 26.0 Å². The molecular formula is C14H20BrNO2. The summed E-state index contributed by atoms with van der Waals surface area (Å²) in [6.07, 6.45) is 0.951. The summed E-state index contributed by atoms with van der Waals surface area (Å²) in [5, 5.41) is 3.67. The molecule has 4 heteroatoms. The fourth-order valence-electron chi connectivity index (χ4n) is 1.36. The van der Waals surface area contributed by atoms with E-state index in [0.29, 0.717) is 17.5 Å². The molecule has 0 spiro atoms. The molecule has 100 valence electrons. The van der Waals surface area contributed by atoms with E-state index in [4.69, 9.17) is 4.74 Å². The fourth-order valence-corrected chi connectivity index (χ4v) is 1.50. The minimum absolute atomic E-state index is 0.0820. The number of halogens is 1. The van der Waals surface area contributed by atoms with Crippen molar-refractivity contribution in [1.29, 1.82) is 0 Å². The lowest BCUT2D eigenvalue weighted by molar-refractivity contribution is 0.0921. The Labute approximate surface area is 117 Å². The quantitative estimate of drug-likeness (QED) is 0.818. The molecule has 0 aromatic heterocycles. The van der Waals surface area contributed by atoms with Gasteiger partial charge in [-0.15, -0.1) is 0 Å². The predicted molar refractivity (Wildman–Crippen MR) is 77.6 cm³/mol. The second-order valence-electron chi connectivity index (χ2n) is 4.85. The van der Waals surface area contributed by atoms with E-state index in [1.54, 1.807) is 12.1 Å². The van der Waals surface area contributed by atoms with Crippen LogP contribution in [0.4, 0.5) is 0 Å². The molecule has 0 saturated carbocycles. The zero-order valence-corrected chi connectivity index (χ0v) is 12.7. The molecule has 1 aromatic rings. The van der Waals surface area contributed by atoms with Gasteiger partial charge in [-0.05, 0) is 38.5 Å². The van der Waals surface area contributed by atoms with Crippen LogP contribution in [0.15, 0.2) is 24.3 Å². The van der Waals surface area contributed by atoms with Crippen LogP contribution >= 0.6 is 15.9 Å². The van der Waals surface area contributed by atoms with Crippen LogP contribution in [0.3, 0.4) is 0 Å². The van der Waals surface area contributed by atoms with E-state index in [2.05, 4.69) is 28.2 Å². The summed E-state index contributed by atoms with van der Waals surface area (Å²) in [7, 11) is 0. The van der Waals surface area contributed by atoms with Gasteiger partial charge in [-0.25, -0.2) is 0 Å². The molecule has 0 aliphatic heterocycles. The SMILES string of the molecule is CCCOc1cccc(C(=O)NC(C)(C)CBr)c1. The maximum absolute atomic E-state index is 12.1. The third kappa shape index (κ3) is 4.69. The number of nitrogens with one attached hydrogen (secondary N) is 1. The number of ether oxygens (including phenoxy) is 1. The monoisotopic (exact) mass is 313 g/mol. The summed E-state index contributed by atoms with van der Waals surface area (Å²) in [6, 6.07) is 7.26. The molecular weight excluding hydrogens is 294 g/mol. The van der Waals surface area contributed by atoms with Crippen LogP contribution in [-0.2, 0) is 0 Å². The molecule has 0 unspecified atom stereocenters. The Morgan fingerprint density at radius 3 is 2.78 bits per heavy atom. The van der Waals surface area contributed by atoms with Crippen molar-refractivity contribution in [3.8, 4) is 5.75 Å². The van der Waals surface area contributed by atoms with Gasteiger partial charge in [0.1, 0.15) is 5.75 Å². The predicted octanol–water partition coefficient (Wildman–Crippen LogP) is 3.38. The average Bonchev–Trinajstić information content (AvgIpc) is 2.36. The average molecular weight is 314 g/mol. The van der Waals surface area contributed by atoms with Crippen molar-refractivity contribution in [3.63, 3.8) is 0 Å². The van der Waals surface area contributed by atoms with Crippen molar-refractivity contribution in [1.82, 2.24) is 5.32 Å². The van der Waals surface area contributed by atoms with E-state index in [9.17, 15) is 4.79 Å². The molecule has 0 heterocycles. The van der Waals surface area contributed by atoms with E-state index < -0.39 is 0 Å². The number of rotatable bonds is 6. The van der Waals surface area contributed by atoms with Crippen molar-refractivity contribution in [3.05, 3.63) is 29.8 Å². The first kappa shape index (κ1) is 15.0. The van der Waals surface area contributed by atoms with Crippen molar-refractivity contribution >= 4 is 21.8 Å².